The smallest absolute Gasteiger partial charge is 0.119 e. The van der Waals surface area contributed by atoms with E-state index in [1.807, 2.05) is 31.2 Å². The van der Waals surface area contributed by atoms with Crippen molar-refractivity contribution in [3.05, 3.63) is 29.8 Å². The molecule has 0 spiro atoms. The van der Waals surface area contributed by atoms with Gasteiger partial charge in [-0.15, -0.1) is 0 Å². The van der Waals surface area contributed by atoms with Crippen molar-refractivity contribution in [2.24, 2.45) is 0 Å². The van der Waals surface area contributed by atoms with Gasteiger partial charge in [-0.05, 0) is 50.9 Å². The number of rotatable bonds is 5. The van der Waals surface area contributed by atoms with Crippen LogP contribution >= 0.6 is 0 Å². The van der Waals surface area contributed by atoms with Crippen LogP contribution in [0.1, 0.15) is 31.7 Å². The van der Waals surface area contributed by atoms with E-state index in [2.05, 4.69) is 11.8 Å². The maximum atomic E-state index is 10.1. The normalized spacial score (nSPS) is 22.2. The first-order chi connectivity index (χ1) is 9.15. The Bertz CT molecular complexity index is 394. The maximum absolute atomic E-state index is 10.1. The topological polar surface area (TPSA) is 32.7 Å². The zero-order valence-corrected chi connectivity index (χ0v) is 12.0. The molecular weight excluding hydrogens is 238 g/mol. The molecule has 1 aromatic carbocycles. The molecule has 106 valence electrons. The second kappa shape index (κ2) is 6.92. The Labute approximate surface area is 116 Å². The number of hydrogen-bond donors (Lipinski definition) is 1. The van der Waals surface area contributed by atoms with Gasteiger partial charge in [0.2, 0.25) is 0 Å². The summed E-state index contributed by atoms with van der Waals surface area (Å²) in [5.74, 6) is 0.839. The highest BCUT2D eigenvalue weighted by molar-refractivity contribution is 5.27. The van der Waals surface area contributed by atoms with Gasteiger partial charge < -0.3 is 9.84 Å². The fraction of sp³-hybridized carbons (Fsp3) is 0.625. The first-order valence-electron chi connectivity index (χ1n) is 7.27. The number of nitrogens with zero attached hydrogens (tertiary/aromatic N) is 1. The fourth-order valence-corrected chi connectivity index (χ4v) is 2.65. The number of aliphatic hydroxyl groups is 1. The molecule has 0 saturated carbocycles. The number of likely N-dealkylation sites (tertiary alicyclic amines) is 1. The average Bonchev–Trinajstić information content (AvgIpc) is 2.39. The Kier molecular flexibility index (Phi) is 5.23. The van der Waals surface area contributed by atoms with Crippen molar-refractivity contribution in [3.63, 3.8) is 0 Å². The van der Waals surface area contributed by atoms with E-state index in [-0.39, 0.29) is 0 Å². The van der Waals surface area contributed by atoms with E-state index in [0.29, 0.717) is 19.2 Å². The Balaban J connectivity index is 1.76. The van der Waals surface area contributed by atoms with Gasteiger partial charge in [0, 0.05) is 12.6 Å². The molecule has 0 unspecified atom stereocenters. The number of β-amino-alcohol motifs (C(OH)–C–C–N with tert-alkyl or cyclic N) is 1. The highest BCUT2D eigenvalue weighted by Crippen LogP contribution is 2.17. The Hall–Kier alpha value is -1.06. The molecule has 19 heavy (non-hydrogen) atoms. The summed E-state index contributed by atoms with van der Waals surface area (Å²) in [5, 5.41) is 10.1. The molecule has 1 saturated heterocycles. The monoisotopic (exact) mass is 263 g/mol. The first kappa shape index (κ1) is 14.4. The predicted octanol–water partition coefficient (Wildman–Crippen LogP) is 2.61. The summed E-state index contributed by atoms with van der Waals surface area (Å²) in [6, 6.07) is 8.53. The molecule has 1 aliphatic heterocycles. The molecule has 1 heterocycles. The Morgan fingerprint density at radius 2 is 2.26 bits per heavy atom. The number of piperidine rings is 1. The van der Waals surface area contributed by atoms with Crippen LogP contribution in [0.2, 0.25) is 0 Å². The van der Waals surface area contributed by atoms with Crippen LogP contribution in [-0.4, -0.2) is 41.8 Å². The van der Waals surface area contributed by atoms with Crippen LogP contribution in [0.25, 0.3) is 0 Å². The largest absolute Gasteiger partial charge is 0.491 e. The predicted molar refractivity (Wildman–Crippen MR) is 77.6 cm³/mol. The van der Waals surface area contributed by atoms with Crippen LogP contribution in [0.3, 0.4) is 0 Å². The van der Waals surface area contributed by atoms with Gasteiger partial charge in [0.15, 0.2) is 0 Å². The third kappa shape index (κ3) is 4.51. The Morgan fingerprint density at radius 1 is 1.42 bits per heavy atom. The van der Waals surface area contributed by atoms with E-state index in [1.54, 1.807) is 0 Å². The number of ether oxygens (including phenoxy) is 1. The molecule has 0 amide bonds. The molecule has 0 aromatic heterocycles. The van der Waals surface area contributed by atoms with Gasteiger partial charge >= 0.3 is 0 Å². The van der Waals surface area contributed by atoms with Crippen molar-refractivity contribution in [2.75, 3.05) is 19.7 Å². The molecule has 2 rings (SSSR count). The van der Waals surface area contributed by atoms with Crippen molar-refractivity contribution in [2.45, 2.75) is 45.3 Å². The van der Waals surface area contributed by atoms with Crippen LogP contribution in [0.15, 0.2) is 24.3 Å². The molecule has 1 aliphatic rings. The van der Waals surface area contributed by atoms with Gasteiger partial charge in [0.05, 0.1) is 0 Å². The van der Waals surface area contributed by atoms with Crippen LogP contribution < -0.4 is 4.74 Å². The van der Waals surface area contributed by atoms with Crippen LogP contribution in [0, 0.1) is 6.92 Å². The third-order valence-corrected chi connectivity index (χ3v) is 3.82. The molecular formula is C16H25NO2. The quantitative estimate of drug-likeness (QED) is 0.886. The molecule has 1 N–H and O–H groups in total. The molecule has 3 nitrogen and oxygen atoms in total. The summed E-state index contributed by atoms with van der Waals surface area (Å²) < 4.78 is 5.65. The SMILES string of the molecule is Cc1cccc(OC[C@H](O)CN2CCCC[C@@H]2C)c1. The lowest BCUT2D eigenvalue weighted by Crippen LogP contribution is -2.43. The van der Waals surface area contributed by atoms with E-state index in [9.17, 15) is 5.11 Å². The Morgan fingerprint density at radius 3 is 3.00 bits per heavy atom. The number of aliphatic hydroxyl groups excluding tert-OH is 1. The summed E-state index contributed by atoms with van der Waals surface area (Å²) in [5.41, 5.74) is 1.18. The molecule has 3 heteroatoms. The minimum atomic E-state index is -0.416. The van der Waals surface area contributed by atoms with Gasteiger partial charge in [-0.3, -0.25) is 4.90 Å². The highest BCUT2D eigenvalue weighted by Gasteiger charge is 2.20. The summed E-state index contributed by atoms with van der Waals surface area (Å²) >= 11 is 0. The molecule has 2 atom stereocenters. The van der Waals surface area contributed by atoms with Gasteiger partial charge in [-0.2, -0.15) is 0 Å². The van der Waals surface area contributed by atoms with E-state index >= 15 is 0 Å². The highest BCUT2D eigenvalue weighted by atomic mass is 16.5. The number of aryl methyl sites for hydroxylation is 1. The van der Waals surface area contributed by atoms with E-state index in [0.717, 1.165) is 12.3 Å². The average molecular weight is 263 g/mol. The first-order valence-corrected chi connectivity index (χ1v) is 7.27. The number of benzene rings is 1. The second-order valence-electron chi connectivity index (χ2n) is 5.62. The molecule has 0 aliphatic carbocycles. The van der Waals surface area contributed by atoms with Crippen LogP contribution in [-0.2, 0) is 0 Å². The minimum absolute atomic E-state index is 0.368. The minimum Gasteiger partial charge on any atom is -0.491 e. The summed E-state index contributed by atoms with van der Waals surface area (Å²) in [7, 11) is 0. The third-order valence-electron chi connectivity index (χ3n) is 3.82. The summed E-state index contributed by atoms with van der Waals surface area (Å²) in [4.78, 5) is 2.37. The van der Waals surface area contributed by atoms with Crippen LogP contribution in [0.5, 0.6) is 5.75 Å². The van der Waals surface area contributed by atoms with E-state index < -0.39 is 6.10 Å². The maximum Gasteiger partial charge on any atom is 0.119 e. The second-order valence-corrected chi connectivity index (χ2v) is 5.62. The fourth-order valence-electron chi connectivity index (χ4n) is 2.65. The number of hydrogen-bond acceptors (Lipinski definition) is 3. The van der Waals surface area contributed by atoms with Crippen LogP contribution in [0.4, 0.5) is 0 Å². The van der Waals surface area contributed by atoms with Crippen molar-refractivity contribution in [3.8, 4) is 5.75 Å². The molecule has 1 fully saturated rings. The standard InChI is InChI=1S/C16H25NO2/c1-13-6-5-8-16(10-13)19-12-15(18)11-17-9-4-3-7-14(17)2/h5-6,8,10,14-15,18H,3-4,7,9,11-12H2,1-2H3/t14-,15+/m0/s1. The van der Waals surface area contributed by atoms with Gasteiger partial charge in [0.25, 0.3) is 0 Å². The van der Waals surface area contributed by atoms with Crippen molar-refractivity contribution in [1.82, 2.24) is 4.90 Å². The van der Waals surface area contributed by atoms with E-state index in [1.165, 1.54) is 24.8 Å². The van der Waals surface area contributed by atoms with Gasteiger partial charge in [0.1, 0.15) is 18.5 Å². The summed E-state index contributed by atoms with van der Waals surface area (Å²) in [6.07, 6.45) is 3.38. The van der Waals surface area contributed by atoms with Crippen molar-refractivity contribution < 1.29 is 9.84 Å². The molecule has 1 aromatic rings. The lowest BCUT2D eigenvalue weighted by atomic mass is 10.0. The zero-order chi connectivity index (χ0) is 13.7. The summed E-state index contributed by atoms with van der Waals surface area (Å²) in [6.45, 7) is 6.47. The lowest BCUT2D eigenvalue weighted by Gasteiger charge is -2.34. The lowest BCUT2D eigenvalue weighted by molar-refractivity contribution is 0.0438. The van der Waals surface area contributed by atoms with E-state index in [4.69, 9.17) is 4.74 Å². The van der Waals surface area contributed by atoms with Gasteiger partial charge in [-0.25, -0.2) is 0 Å². The zero-order valence-electron chi connectivity index (χ0n) is 12.0. The van der Waals surface area contributed by atoms with Crippen molar-refractivity contribution in [1.29, 1.82) is 0 Å². The molecule has 0 bridgehead atoms. The van der Waals surface area contributed by atoms with Crippen molar-refractivity contribution >= 4 is 0 Å². The van der Waals surface area contributed by atoms with Gasteiger partial charge in [-0.1, -0.05) is 18.6 Å². The molecule has 0 radical (unpaired) electrons.